The van der Waals surface area contributed by atoms with Crippen molar-refractivity contribution >= 4 is 5.78 Å². The van der Waals surface area contributed by atoms with Crippen molar-refractivity contribution in [3.8, 4) is 0 Å². The van der Waals surface area contributed by atoms with Crippen molar-refractivity contribution in [1.29, 1.82) is 0 Å². The summed E-state index contributed by atoms with van der Waals surface area (Å²) in [5.74, 6) is -0.350. The molecule has 1 atom stereocenters. The van der Waals surface area contributed by atoms with E-state index in [1.807, 2.05) is 6.92 Å². The van der Waals surface area contributed by atoms with Crippen LogP contribution in [0.5, 0.6) is 0 Å². The predicted octanol–water partition coefficient (Wildman–Crippen LogP) is 4.84. The highest BCUT2D eigenvalue weighted by Gasteiger charge is 2.30. The van der Waals surface area contributed by atoms with Gasteiger partial charge in [0.25, 0.3) is 0 Å². The fourth-order valence-electron chi connectivity index (χ4n) is 2.32. The van der Waals surface area contributed by atoms with Crippen molar-refractivity contribution in [2.24, 2.45) is 0 Å². The first-order valence-electron chi connectivity index (χ1n) is 7.86. The molecule has 2 rings (SSSR count). The second-order valence-electron chi connectivity index (χ2n) is 5.40. The van der Waals surface area contributed by atoms with Crippen molar-refractivity contribution in [2.75, 3.05) is 6.61 Å². The van der Waals surface area contributed by atoms with Gasteiger partial charge in [-0.15, -0.1) is 0 Å². The highest BCUT2D eigenvalue weighted by atomic mass is 19.4. The normalized spacial score (nSPS) is 12.8. The van der Waals surface area contributed by atoms with Crippen LogP contribution in [0, 0.1) is 0 Å². The van der Waals surface area contributed by atoms with Gasteiger partial charge >= 0.3 is 6.18 Å². The molecule has 3 nitrogen and oxygen atoms in total. The lowest BCUT2D eigenvalue weighted by Gasteiger charge is -2.15. The summed E-state index contributed by atoms with van der Waals surface area (Å²) < 4.78 is 48.7. The fraction of sp³-hybridized carbons (Fsp3) is 0.316. The van der Waals surface area contributed by atoms with Crippen LogP contribution < -0.4 is 0 Å². The molecule has 25 heavy (non-hydrogen) atoms. The van der Waals surface area contributed by atoms with Gasteiger partial charge < -0.3 is 9.47 Å². The third-order valence-corrected chi connectivity index (χ3v) is 3.61. The van der Waals surface area contributed by atoms with Crippen LogP contribution >= 0.6 is 0 Å². The molecule has 0 aliphatic rings. The van der Waals surface area contributed by atoms with Crippen LogP contribution in [0.15, 0.2) is 48.5 Å². The molecule has 0 saturated carbocycles. The number of carbonyl (C=O) groups excluding carboxylic acids is 1. The van der Waals surface area contributed by atoms with Gasteiger partial charge in [-0.25, -0.2) is 0 Å². The zero-order chi connectivity index (χ0) is 18.4. The highest BCUT2D eigenvalue weighted by Crippen LogP contribution is 2.29. The van der Waals surface area contributed by atoms with Crippen LogP contribution in [0.3, 0.4) is 0 Å². The van der Waals surface area contributed by atoms with Crippen LogP contribution in [-0.2, 0) is 22.3 Å². The molecule has 2 aromatic carbocycles. The average molecular weight is 352 g/mol. The largest absolute Gasteiger partial charge is 0.416 e. The summed E-state index contributed by atoms with van der Waals surface area (Å²) >= 11 is 0. The summed E-state index contributed by atoms with van der Waals surface area (Å²) in [5, 5.41) is 0. The molecule has 0 amide bonds. The van der Waals surface area contributed by atoms with Gasteiger partial charge in [-0.3, -0.25) is 4.79 Å². The van der Waals surface area contributed by atoms with Crippen molar-refractivity contribution in [3.63, 3.8) is 0 Å². The Kier molecular flexibility index (Phi) is 6.33. The van der Waals surface area contributed by atoms with Crippen LogP contribution in [0.4, 0.5) is 13.2 Å². The smallest absolute Gasteiger partial charge is 0.353 e. The third-order valence-electron chi connectivity index (χ3n) is 3.61. The average Bonchev–Trinajstić information content (AvgIpc) is 2.59. The van der Waals surface area contributed by atoms with E-state index in [1.165, 1.54) is 12.1 Å². The Morgan fingerprint density at radius 1 is 1.04 bits per heavy atom. The Morgan fingerprint density at radius 2 is 1.68 bits per heavy atom. The number of rotatable bonds is 7. The second kappa shape index (κ2) is 8.27. The minimum Gasteiger partial charge on any atom is -0.353 e. The van der Waals surface area contributed by atoms with Gasteiger partial charge in [0.05, 0.1) is 12.2 Å². The molecular weight excluding hydrogens is 333 g/mol. The topological polar surface area (TPSA) is 35.5 Å². The van der Waals surface area contributed by atoms with E-state index in [0.29, 0.717) is 17.7 Å². The fourth-order valence-corrected chi connectivity index (χ4v) is 2.32. The standard InChI is InChI=1S/C19H19F3O3/c1-3-24-13(2)25-12-15-6-4-5-7-17(15)18(23)14-8-10-16(11-9-14)19(20,21)22/h4-11,13H,3,12H2,1-2H3. The Balaban J connectivity index is 2.19. The first-order chi connectivity index (χ1) is 11.8. The molecule has 6 heteroatoms. The van der Waals surface area contributed by atoms with Gasteiger partial charge in [-0.05, 0) is 31.5 Å². The van der Waals surface area contributed by atoms with Gasteiger partial charge in [0, 0.05) is 17.7 Å². The summed E-state index contributed by atoms with van der Waals surface area (Å²) in [6.45, 7) is 4.28. The minimum absolute atomic E-state index is 0.170. The number of hydrogen-bond acceptors (Lipinski definition) is 3. The molecule has 0 heterocycles. The lowest BCUT2D eigenvalue weighted by atomic mass is 9.98. The molecular formula is C19H19F3O3. The molecule has 0 aromatic heterocycles. The predicted molar refractivity (Wildman–Crippen MR) is 87.2 cm³/mol. The number of hydrogen-bond donors (Lipinski definition) is 0. The summed E-state index contributed by atoms with van der Waals surface area (Å²) in [6, 6.07) is 11.0. The van der Waals surface area contributed by atoms with E-state index in [9.17, 15) is 18.0 Å². The van der Waals surface area contributed by atoms with E-state index in [0.717, 1.165) is 12.1 Å². The van der Waals surface area contributed by atoms with Gasteiger partial charge in [-0.1, -0.05) is 36.4 Å². The summed E-state index contributed by atoms with van der Waals surface area (Å²) in [5.41, 5.74) is 0.453. The molecule has 0 bridgehead atoms. The quantitative estimate of drug-likeness (QED) is 0.529. The van der Waals surface area contributed by atoms with Crippen molar-refractivity contribution in [3.05, 3.63) is 70.8 Å². The summed E-state index contributed by atoms with van der Waals surface area (Å²) in [6.07, 6.45) is -4.85. The van der Waals surface area contributed by atoms with E-state index in [4.69, 9.17) is 9.47 Å². The number of carbonyl (C=O) groups is 1. The monoisotopic (exact) mass is 352 g/mol. The lowest BCUT2D eigenvalue weighted by Crippen LogP contribution is -2.14. The van der Waals surface area contributed by atoms with E-state index in [2.05, 4.69) is 0 Å². The Labute approximate surface area is 144 Å². The lowest BCUT2D eigenvalue weighted by molar-refractivity contribution is -0.137. The van der Waals surface area contributed by atoms with Crippen LogP contribution in [0.2, 0.25) is 0 Å². The van der Waals surface area contributed by atoms with Crippen molar-refractivity contribution < 1.29 is 27.4 Å². The Bertz CT molecular complexity index is 709. The highest BCUT2D eigenvalue weighted by molar-refractivity contribution is 6.09. The Hall–Kier alpha value is -2.18. The number of alkyl halides is 3. The minimum atomic E-state index is -4.43. The Morgan fingerprint density at radius 3 is 2.28 bits per heavy atom. The first kappa shape index (κ1) is 19.1. The van der Waals surface area contributed by atoms with E-state index >= 15 is 0 Å². The number of benzene rings is 2. The maximum absolute atomic E-state index is 12.6. The van der Waals surface area contributed by atoms with Gasteiger partial charge in [0.1, 0.15) is 0 Å². The van der Waals surface area contributed by atoms with Crippen LogP contribution in [-0.4, -0.2) is 18.7 Å². The molecule has 0 N–H and O–H groups in total. The number of ketones is 1. The van der Waals surface area contributed by atoms with Gasteiger partial charge in [-0.2, -0.15) is 13.2 Å². The second-order valence-corrected chi connectivity index (χ2v) is 5.40. The SMILES string of the molecule is CCOC(C)OCc1ccccc1C(=O)c1ccc(C(F)(F)F)cc1. The van der Waals surface area contributed by atoms with Gasteiger partial charge in [0.2, 0.25) is 0 Å². The molecule has 0 aliphatic heterocycles. The molecule has 0 fully saturated rings. The van der Waals surface area contributed by atoms with Crippen molar-refractivity contribution in [1.82, 2.24) is 0 Å². The molecule has 0 radical (unpaired) electrons. The molecule has 1 unspecified atom stereocenters. The van der Waals surface area contributed by atoms with Gasteiger partial charge in [0.15, 0.2) is 12.1 Å². The van der Waals surface area contributed by atoms with Crippen LogP contribution in [0.25, 0.3) is 0 Å². The third kappa shape index (κ3) is 5.14. The molecule has 134 valence electrons. The van der Waals surface area contributed by atoms with E-state index in [1.54, 1.807) is 31.2 Å². The molecule has 2 aromatic rings. The zero-order valence-electron chi connectivity index (χ0n) is 14.0. The van der Waals surface area contributed by atoms with Crippen LogP contribution in [0.1, 0.15) is 40.9 Å². The first-order valence-corrected chi connectivity index (χ1v) is 7.86. The maximum atomic E-state index is 12.6. The summed E-state index contributed by atoms with van der Waals surface area (Å²) in [4.78, 5) is 12.6. The number of ether oxygens (including phenoxy) is 2. The van der Waals surface area contributed by atoms with E-state index < -0.39 is 18.0 Å². The number of halogens is 3. The molecule has 0 spiro atoms. The molecule has 0 saturated heterocycles. The van der Waals surface area contributed by atoms with E-state index in [-0.39, 0.29) is 18.0 Å². The van der Waals surface area contributed by atoms with Crippen molar-refractivity contribution in [2.45, 2.75) is 32.9 Å². The zero-order valence-corrected chi connectivity index (χ0v) is 14.0. The molecule has 0 aliphatic carbocycles. The summed E-state index contributed by atoms with van der Waals surface area (Å²) in [7, 11) is 0. The maximum Gasteiger partial charge on any atom is 0.416 e.